The molecule has 6 heteroatoms. The molecule has 8 aromatic carbocycles. The SMILES string of the molecule is CC(C)(C)c1ccc2c(c1)c1cc(C(C)(C)C)ccc1n2-c1ccc(-c2nc(-c3ccccc3)nc(-c3ccccc3)n2)cc1-c1c(C#N)cccc1-n1c2ccc(C(C)(C)C)cc2c2cc(C(C)(C)C)ccc21. The maximum absolute atomic E-state index is 11.5. The van der Waals surface area contributed by atoms with E-state index in [1.807, 2.05) is 72.8 Å². The molecule has 0 N–H and O–H groups in total. The van der Waals surface area contributed by atoms with Gasteiger partial charge in [-0.05, 0) is 123 Å². The molecule has 11 aromatic rings. The lowest BCUT2D eigenvalue weighted by molar-refractivity contribution is 0.590. The van der Waals surface area contributed by atoms with Crippen molar-refractivity contribution in [2.24, 2.45) is 0 Å². The van der Waals surface area contributed by atoms with Crippen LogP contribution in [0.2, 0.25) is 0 Å². The highest BCUT2D eigenvalue weighted by Gasteiger charge is 2.28. The van der Waals surface area contributed by atoms with Gasteiger partial charge in [0, 0.05) is 49.4 Å². The number of aromatic nitrogens is 5. The van der Waals surface area contributed by atoms with Crippen molar-refractivity contribution in [3.05, 3.63) is 198 Å². The van der Waals surface area contributed by atoms with Gasteiger partial charge in [-0.15, -0.1) is 0 Å². The zero-order chi connectivity index (χ0) is 52.1. The molecule has 0 radical (unpaired) electrons. The number of nitrogens with zero attached hydrogens (tertiary/aromatic N) is 6. The summed E-state index contributed by atoms with van der Waals surface area (Å²) < 4.78 is 4.80. The van der Waals surface area contributed by atoms with Gasteiger partial charge in [0.15, 0.2) is 17.5 Å². The van der Waals surface area contributed by atoms with E-state index >= 15 is 0 Å². The summed E-state index contributed by atoms with van der Waals surface area (Å²) >= 11 is 0. The van der Waals surface area contributed by atoms with Crippen LogP contribution in [0.4, 0.5) is 0 Å². The van der Waals surface area contributed by atoms with Crippen molar-refractivity contribution in [2.45, 2.75) is 105 Å². The Hall–Kier alpha value is -8.14. The topological polar surface area (TPSA) is 72.3 Å². The van der Waals surface area contributed by atoms with Crippen LogP contribution in [0, 0.1) is 11.3 Å². The molecule has 0 saturated carbocycles. The smallest absolute Gasteiger partial charge is 0.164 e. The molecule has 0 aliphatic heterocycles. The molecule has 11 rings (SSSR count). The second kappa shape index (κ2) is 17.5. The van der Waals surface area contributed by atoms with E-state index in [1.165, 1.54) is 43.8 Å². The summed E-state index contributed by atoms with van der Waals surface area (Å²) in [5, 5.41) is 16.2. The second-order valence-corrected chi connectivity index (χ2v) is 24.2. The molecule has 0 saturated heterocycles. The van der Waals surface area contributed by atoms with Crippen LogP contribution >= 0.6 is 0 Å². The number of rotatable bonds is 6. The molecule has 0 bridgehead atoms. The van der Waals surface area contributed by atoms with Gasteiger partial charge in [0.2, 0.25) is 0 Å². The van der Waals surface area contributed by atoms with Gasteiger partial charge in [0.1, 0.15) is 0 Å². The first-order valence-electron chi connectivity index (χ1n) is 25.9. The lowest BCUT2D eigenvalue weighted by Crippen LogP contribution is -2.10. The molecule has 74 heavy (non-hydrogen) atoms. The highest BCUT2D eigenvalue weighted by molar-refractivity contribution is 6.12. The van der Waals surface area contributed by atoms with Gasteiger partial charge in [-0.2, -0.15) is 5.26 Å². The number of hydrogen-bond acceptors (Lipinski definition) is 4. The molecule has 3 aromatic heterocycles. The molecule has 0 aliphatic carbocycles. The van der Waals surface area contributed by atoms with Crippen LogP contribution in [0.15, 0.2) is 170 Å². The van der Waals surface area contributed by atoms with Crippen molar-refractivity contribution in [3.63, 3.8) is 0 Å². The fourth-order valence-electron chi connectivity index (χ4n) is 10.5. The first-order valence-corrected chi connectivity index (χ1v) is 25.9. The standard InChI is InChI=1S/C68H64N6/c1-65(2,3)46-27-32-55-50(37-46)51-38-47(66(4,5)6)28-33-56(51)73(55)59-31-26-44(64-71-62(42-20-15-13-16-21-42)70-63(72-64)43-22-17-14-18-23-43)36-54(59)61-45(41-69)24-19-25-60(61)74-57-34-29-48(67(7,8)9)39-52(57)53-40-49(68(10,11)12)30-35-58(53)74/h13-40H,1-12H3. The Kier molecular flexibility index (Phi) is 11.4. The van der Waals surface area contributed by atoms with Crippen LogP contribution in [0.1, 0.15) is 111 Å². The highest BCUT2D eigenvalue weighted by atomic mass is 15.0. The van der Waals surface area contributed by atoms with E-state index in [9.17, 15) is 5.26 Å². The van der Waals surface area contributed by atoms with Gasteiger partial charge in [-0.3, -0.25) is 0 Å². The fraction of sp³-hybridized carbons (Fsp3) is 0.235. The van der Waals surface area contributed by atoms with Crippen molar-refractivity contribution in [1.82, 2.24) is 24.1 Å². The minimum atomic E-state index is -0.0664. The molecule has 0 atom stereocenters. The third kappa shape index (κ3) is 8.44. The summed E-state index contributed by atoms with van der Waals surface area (Å²) in [6.07, 6.45) is 0. The van der Waals surface area contributed by atoms with Gasteiger partial charge in [0.05, 0.1) is 45.1 Å². The fourth-order valence-corrected chi connectivity index (χ4v) is 10.5. The minimum absolute atomic E-state index is 0.0646. The Morgan fingerprint density at radius 3 is 1.08 bits per heavy atom. The third-order valence-corrected chi connectivity index (χ3v) is 14.9. The number of fused-ring (bicyclic) bond motifs is 6. The summed E-state index contributed by atoms with van der Waals surface area (Å²) in [6, 6.07) is 63.4. The zero-order valence-electron chi connectivity index (χ0n) is 44.8. The molecule has 0 unspecified atom stereocenters. The molecule has 0 spiro atoms. The van der Waals surface area contributed by atoms with Gasteiger partial charge < -0.3 is 9.13 Å². The third-order valence-electron chi connectivity index (χ3n) is 14.9. The number of benzene rings is 8. The van der Waals surface area contributed by atoms with E-state index in [4.69, 9.17) is 15.0 Å². The molecule has 3 heterocycles. The maximum Gasteiger partial charge on any atom is 0.164 e. The quantitative estimate of drug-likeness (QED) is 0.166. The van der Waals surface area contributed by atoms with Crippen LogP contribution in [0.3, 0.4) is 0 Å². The van der Waals surface area contributed by atoms with E-state index in [2.05, 4.69) is 195 Å². The van der Waals surface area contributed by atoms with Crippen molar-refractivity contribution < 1.29 is 0 Å². The first kappa shape index (κ1) is 48.1. The number of hydrogen-bond donors (Lipinski definition) is 0. The van der Waals surface area contributed by atoms with Crippen molar-refractivity contribution >= 4 is 43.6 Å². The Morgan fingerprint density at radius 2 is 0.716 bits per heavy atom. The van der Waals surface area contributed by atoms with E-state index in [0.29, 0.717) is 23.0 Å². The summed E-state index contributed by atoms with van der Waals surface area (Å²) in [7, 11) is 0. The average Bonchev–Trinajstić information content (AvgIpc) is 3.89. The largest absolute Gasteiger partial charge is 0.309 e. The van der Waals surface area contributed by atoms with Crippen LogP contribution < -0.4 is 0 Å². The normalized spacial score (nSPS) is 12.6. The Morgan fingerprint density at radius 1 is 0.351 bits per heavy atom. The lowest BCUT2D eigenvalue weighted by atomic mass is 9.85. The second-order valence-electron chi connectivity index (χ2n) is 24.2. The number of nitriles is 1. The summed E-state index contributed by atoms with van der Waals surface area (Å²) in [5.41, 5.74) is 15.8. The molecular formula is C68H64N6. The summed E-state index contributed by atoms with van der Waals surface area (Å²) in [4.78, 5) is 15.5. The zero-order valence-corrected chi connectivity index (χ0v) is 44.8. The van der Waals surface area contributed by atoms with Crippen molar-refractivity contribution in [2.75, 3.05) is 0 Å². The van der Waals surface area contributed by atoms with Crippen molar-refractivity contribution in [3.8, 4) is 62.7 Å². The van der Waals surface area contributed by atoms with Crippen LogP contribution in [0.25, 0.3) is 100 Å². The molecule has 366 valence electrons. The van der Waals surface area contributed by atoms with E-state index in [0.717, 1.165) is 61.3 Å². The van der Waals surface area contributed by atoms with E-state index < -0.39 is 0 Å². The van der Waals surface area contributed by atoms with Gasteiger partial charge in [0.25, 0.3) is 0 Å². The minimum Gasteiger partial charge on any atom is -0.309 e. The van der Waals surface area contributed by atoms with Gasteiger partial charge >= 0.3 is 0 Å². The first-order chi connectivity index (χ1) is 35.2. The van der Waals surface area contributed by atoms with Crippen LogP contribution in [-0.4, -0.2) is 24.1 Å². The van der Waals surface area contributed by atoms with E-state index in [-0.39, 0.29) is 21.7 Å². The monoisotopic (exact) mass is 965 g/mol. The molecule has 0 aliphatic rings. The van der Waals surface area contributed by atoms with Gasteiger partial charge in [-0.25, -0.2) is 15.0 Å². The maximum atomic E-state index is 11.5. The average molecular weight is 965 g/mol. The molecule has 0 fully saturated rings. The lowest BCUT2D eigenvalue weighted by Gasteiger charge is -2.22. The molecule has 0 amide bonds. The highest BCUT2D eigenvalue weighted by Crippen LogP contribution is 2.46. The predicted octanol–water partition coefficient (Wildman–Crippen LogP) is 17.8. The van der Waals surface area contributed by atoms with Crippen LogP contribution in [0.5, 0.6) is 0 Å². The molecular weight excluding hydrogens is 901 g/mol. The van der Waals surface area contributed by atoms with Crippen LogP contribution in [-0.2, 0) is 21.7 Å². The molecule has 6 nitrogen and oxygen atoms in total. The Labute approximate surface area is 436 Å². The van der Waals surface area contributed by atoms with Crippen molar-refractivity contribution in [1.29, 1.82) is 5.26 Å². The predicted molar refractivity (Wildman–Crippen MR) is 310 cm³/mol. The van der Waals surface area contributed by atoms with E-state index in [1.54, 1.807) is 0 Å². The summed E-state index contributed by atoms with van der Waals surface area (Å²) in [5.74, 6) is 1.70. The van der Waals surface area contributed by atoms with Gasteiger partial charge in [-0.1, -0.05) is 174 Å². The Bertz CT molecular complexity index is 3840. The summed E-state index contributed by atoms with van der Waals surface area (Å²) in [6.45, 7) is 27.3. The Balaban J connectivity index is 1.28.